The fourth-order valence-corrected chi connectivity index (χ4v) is 2.34. The Balaban J connectivity index is 2.32. The molecule has 4 nitrogen and oxygen atoms in total. The smallest absolute Gasteiger partial charge is 0.137 e. The Morgan fingerprint density at radius 2 is 1.89 bits per heavy atom. The number of pyridine rings is 1. The highest BCUT2D eigenvalue weighted by molar-refractivity contribution is 9.10. The number of nitrogens with zero attached hydrogens (tertiary/aromatic N) is 1. The van der Waals surface area contributed by atoms with Crippen LogP contribution in [0.1, 0.15) is 17.2 Å². The summed E-state index contributed by atoms with van der Waals surface area (Å²) in [7, 11) is 3.24. The quantitative estimate of drug-likeness (QED) is 0.940. The van der Waals surface area contributed by atoms with E-state index in [0.29, 0.717) is 5.75 Å². The van der Waals surface area contributed by atoms with Crippen LogP contribution in [0.3, 0.4) is 0 Å². The molecule has 19 heavy (non-hydrogen) atoms. The predicted octanol–water partition coefficient (Wildman–Crippen LogP) is 2.91. The molecule has 1 unspecified atom stereocenters. The van der Waals surface area contributed by atoms with Gasteiger partial charge in [-0.2, -0.15) is 0 Å². The van der Waals surface area contributed by atoms with Gasteiger partial charge in [0.1, 0.15) is 11.5 Å². The van der Waals surface area contributed by atoms with E-state index in [1.54, 1.807) is 26.6 Å². The average molecular weight is 323 g/mol. The molecule has 5 heteroatoms. The van der Waals surface area contributed by atoms with Crippen molar-refractivity contribution in [2.45, 2.75) is 6.04 Å². The van der Waals surface area contributed by atoms with E-state index in [1.807, 2.05) is 24.3 Å². The molecule has 0 bridgehead atoms. The molecule has 100 valence electrons. The van der Waals surface area contributed by atoms with E-state index in [1.165, 1.54) is 0 Å². The first-order valence-corrected chi connectivity index (χ1v) is 6.53. The molecule has 2 N–H and O–H groups in total. The zero-order chi connectivity index (χ0) is 13.8. The van der Waals surface area contributed by atoms with Crippen LogP contribution in [0.5, 0.6) is 11.5 Å². The lowest BCUT2D eigenvalue weighted by Crippen LogP contribution is -2.12. The molecule has 0 aliphatic heterocycles. The Kier molecular flexibility index (Phi) is 4.39. The largest absolute Gasteiger partial charge is 0.496 e. The number of rotatable bonds is 4. The molecular weight excluding hydrogens is 308 g/mol. The van der Waals surface area contributed by atoms with E-state index in [4.69, 9.17) is 15.2 Å². The molecule has 0 aliphatic rings. The summed E-state index contributed by atoms with van der Waals surface area (Å²) in [5, 5.41) is 0. The van der Waals surface area contributed by atoms with Crippen LogP contribution in [0, 0.1) is 0 Å². The Hall–Kier alpha value is -1.59. The third-order valence-electron chi connectivity index (χ3n) is 2.86. The normalized spacial score (nSPS) is 12.0. The SMILES string of the molecule is COc1cncc(C(N)c2ccc(OC)c(Br)c2)c1. The molecule has 0 fully saturated rings. The van der Waals surface area contributed by atoms with Gasteiger partial charge in [-0.3, -0.25) is 4.98 Å². The highest BCUT2D eigenvalue weighted by Crippen LogP contribution is 2.30. The van der Waals surface area contributed by atoms with Crippen LogP contribution < -0.4 is 15.2 Å². The van der Waals surface area contributed by atoms with Crippen molar-refractivity contribution in [1.29, 1.82) is 0 Å². The summed E-state index contributed by atoms with van der Waals surface area (Å²) in [6.45, 7) is 0. The molecule has 1 aromatic heterocycles. The summed E-state index contributed by atoms with van der Waals surface area (Å²) in [5.41, 5.74) is 8.12. The highest BCUT2D eigenvalue weighted by Gasteiger charge is 2.12. The van der Waals surface area contributed by atoms with Crippen molar-refractivity contribution >= 4 is 15.9 Å². The van der Waals surface area contributed by atoms with E-state index >= 15 is 0 Å². The average Bonchev–Trinajstić information content (AvgIpc) is 2.46. The maximum Gasteiger partial charge on any atom is 0.137 e. The Morgan fingerprint density at radius 1 is 1.11 bits per heavy atom. The first-order chi connectivity index (χ1) is 9.15. The molecule has 2 aromatic rings. The van der Waals surface area contributed by atoms with Crippen LogP contribution in [-0.2, 0) is 0 Å². The summed E-state index contributed by atoms with van der Waals surface area (Å²) >= 11 is 3.46. The molecule has 0 saturated heterocycles. The Bertz CT molecular complexity index is 575. The second-order valence-electron chi connectivity index (χ2n) is 4.03. The predicted molar refractivity (Wildman–Crippen MR) is 77.5 cm³/mol. The molecular formula is C14H15BrN2O2. The van der Waals surface area contributed by atoms with Crippen LogP contribution >= 0.6 is 15.9 Å². The van der Waals surface area contributed by atoms with Crippen LogP contribution in [0.15, 0.2) is 41.1 Å². The third kappa shape index (κ3) is 3.05. The second kappa shape index (κ2) is 6.04. The van der Waals surface area contributed by atoms with Crippen molar-refractivity contribution in [3.63, 3.8) is 0 Å². The number of hydrogen-bond donors (Lipinski definition) is 1. The van der Waals surface area contributed by atoms with E-state index in [-0.39, 0.29) is 6.04 Å². The zero-order valence-electron chi connectivity index (χ0n) is 10.8. The fourth-order valence-electron chi connectivity index (χ4n) is 1.79. The molecule has 1 heterocycles. The van der Waals surface area contributed by atoms with Crippen LogP contribution in [0.2, 0.25) is 0 Å². The van der Waals surface area contributed by atoms with Gasteiger partial charge in [-0.15, -0.1) is 0 Å². The van der Waals surface area contributed by atoms with Gasteiger partial charge >= 0.3 is 0 Å². The van der Waals surface area contributed by atoms with Gasteiger partial charge in [-0.05, 0) is 45.3 Å². The number of nitrogens with two attached hydrogens (primary N) is 1. The zero-order valence-corrected chi connectivity index (χ0v) is 12.3. The highest BCUT2D eigenvalue weighted by atomic mass is 79.9. The number of benzene rings is 1. The van der Waals surface area contributed by atoms with Crippen molar-refractivity contribution in [2.75, 3.05) is 14.2 Å². The van der Waals surface area contributed by atoms with Gasteiger partial charge in [-0.25, -0.2) is 0 Å². The maximum atomic E-state index is 6.24. The molecule has 0 amide bonds. The minimum atomic E-state index is -0.259. The first kappa shape index (κ1) is 13.8. The van der Waals surface area contributed by atoms with Crippen molar-refractivity contribution in [3.8, 4) is 11.5 Å². The van der Waals surface area contributed by atoms with Gasteiger partial charge in [0.15, 0.2) is 0 Å². The lowest BCUT2D eigenvalue weighted by atomic mass is 10.0. The fraction of sp³-hybridized carbons (Fsp3) is 0.214. The van der Waals surface area contributed by atoms with Gasteiger partial charge in [-0.1, -0.05) is 6.07 Å². The number of ether oxygens (including phenoxy) is 2. The summed E-state index contributed by atoms with van der Waals surface area (Å²) in [6, 6.07) is 7.39. The summed E-state index contributed by atoms with van der Waals surface area (Å²) < 4.78 is 11.2. The second-order valence-corrected chi connectivity index (χ2v) is 4.88. The van der Waals surface area contributed by atoms with Crippen LogP contribution in [0.4, 0.5) is 0 Å². The standard InChI is InChI=1S/C14H15BrN2O2/c1-18-11-5-10(7-17-8-11)14(16)9-3-4-13(19-2)12(15)6-9/h3-8,14H,16H2,1-2H3. The number of methoxy groups -OCH3 is 2. The van der Waals surface area contributed by atoms with Gasteiger partial charge in [0.05, 0.1) is 30.9 Å². The summed E-state index contributed by atoms with van der Waals surface area (Å²) in [6.07, 6.45) is 3.39. The molecule has 1 aromatic carbocycles. The summed E-state index contributed by atoms with van der Waals surface area (Å²) in [5.74, 6) is 1.47. The molecule has 2 rings (SSSR count). The minimum Gasteiger partial charge on any atom is -0.496 e. The third-order valence-corrected chi connectivity index (χ3v) is 3.48. The van der Waals surface area contributed by atoms with Crippen LogP contribution in [0.25, 0.3) is 0 Å². The van der Waals surface area contributed by atoms with Crippen molar-refractivity contribution < 1.29 is 9.47 Å². The lowest BCUT2D eigenvalue weighted by Gasteiger charge is -2.14. The molecule has 0 aliphatic carbocycles. The van der Waals surface area contributed by atoms with E-state index in [2.05, 4.69) is 20.9 Å². The van der Waals surface area contributed by atoms with Crippen molar-refractivity contribution in [3.05, 3.63) is 52.3 Å². The minimum absolute atomic E-state index is 0.259. The molecule has 0 spiro atoms. The molecule has 0 saturated carbocycles. The maximum absolute atomic E-state index is 6.24. The van der Waals surface area contributed by atoms with E-state index < -0.39 is 0 Å². The Morgan fingerprint density at radius 3 is 2.53 bits per heavy atom. The number of aromatic nitrogens is 1. The van der Waals surface area contributed by atoms with Gasteiger partial charge in [0.25, 0.3) is 0 Å². The topological polar surface area (TPSA) is 57.4 Å². The summed E-state index contributed by atoms with van der Waals surface area (Å²) in [4.78, 5) is 4.12. The van der Waals surface area contributed by atoms with Crippen molar-refractivity contribution in [2.24, 2.45) is 5.73 Å². The van der Waals surface area contributed by atoms with Gasteiger partial charge in [0.2, 0.25) is 0 Å². The molecule has 1 atom stereocenters. The number of hydrogen-bond acceptors (Lipinski definition) is 4. The molecule has 0 radical (unpaired) electrons. The van der Waals surface area contributed by atoms with E-state index in [9.17, 15) is 0 Å². The van der Waals surface area contributed by atoms with Gasteiger partial charge in [0, 0.05) is 6.20 Å². The van der Waals surface area contributed by atoms with Crippen molar-refractivity contribution in [1.82, 2.24) is 4.98 Å². The monoisotopic (exact) mass is 322 g/mol. The first-order valence-electron chi connectivity index (χ1n) is 5.73. The van der Waals surface area contributed by atoms with E-state index in [0.717, 1.165) is 21.3 Å². The number of halogens is 1. The van der Waals surface area contributed by atoms with Gasteiger partial charge < -0.3 is 15.2 Å². The Labute approximate surface area is 120 Å². The lowest BCUT2D eigenvalue weighted by molar-refractivity contribution is 0.411. The van der Waals surface area contributed by atoms with Crippen LogP contribution in [-0.4, -0.2) is 19.2 Å².